The fraction of sp³-hybridized carbons (Fsp3) is 0.526. The predicted molar refractivity (Wildman–Crippen MR) is 99.1 cm³/mol. The molecule has 4 heterocycles. The topological polar surface area (TPSA) is 111 Å². The molecule has 2 aliphatic heterocycles. The molecule has 2 aromatic rings. The van der Waals surface area contributed by atoms with E-state index in [1.54, 1.807) is 6.07 Å². The number of nitro groups is 1. The van der Waals surface area contributed by atoms with E-state index in [9.17, 15) is 19.7 Å². The number of hydrogen-bond acceptors (Lipinski definition) is 6. The van der Waals surface area contributed by atoms with Gasteiger partial charge in [0.05, 0.1) is 10.6 Å². The maximum absolute atomic E-state index is 12.8. The summed E-state index contributed by atoms with van der Waals surface area (Å²) in [6.07, 6.45) is 1.87. The number of pyridine rings is 1. The van der Waals surface area contributed by atoms with E-state index in [1.807, 2.05) is 18.7 Å². The van der Waals surface area contributed by atoms with E-state index in [2.05, 4.69) is 5.16 Å². The van der Waals surface area contributed by atoms with Crippen molar-refractivity contribution in [1.29, 1.82) is 0 Å². The Morgan fingerprint density at radius 3 is 2.79 bits per heavy atom. The van der Waals surface area contributed by atoms with Crippen LogP contribution < -0.4 is 5.56 Å². The zero-order valence-electron chi connectivity index (χ0n) is 15.9. The highest BCUT2D eigenvalue weighted by Gasteiger charge is 2.37. The SMILES string of the molecule is Cc1noc(C)c1CCC(=O)N1CC2C[C@@H](C1)Cn1c2ccc([N+](=O)[O-])c1=O. The molecule has 2 aromatic heterocycles. The molecule has 28 heavy (non-hydrogen) atoms. The highest BCUT2D eigenvalue weighted by molar-refractivity contribution is 5.76. The molecular weight excluding hydrogens is 364 g/mol. The van der Waals surface area contributed by atoms with Gasteiger partial charge in [-0.25, -0.2) is 0 Å². The number of likely N-dealkylation sites (tertiary alicyclic amines) is 1. The summed E-state index contributed by atoms with van der Waals surface area (Å²) in [6, 6.07) is 2.95. The molecule has 9 heteroatoms. The Bertz CT molecular complexity index is 989. The summed E-state index contributed by atoms with van der Waals surface area (Å²) in [5, 5.41) is 15.0. The second-order valence-corrected chi connectivity index (χ2v) is 7.72. The third kappa shape index (κ3) is 3.10. The molecule has 0 aliphatic carbocycles. The highest BCUT2D eigenvalue weighted by atomic mass is 16.6. The van der Waals surface area contributed by atoms with Crippen LogP contribution in [0.15, 0.2) is 21.5 Å². The Hall–Kier alpha value is -2.97. The minimum Gasteiger partial charge on any atom is -0.361 e. The molecule has 2 aliphatic rings. The van der Waals surface area contributed by atoms with Crippen molar-refractivity contribution in [3.63, 3.8) is 0 Å². The molecule has 0 radical (unpaired) electrons. The number of fused-ring (bicyclic) bond motifs is 4. The monoisotopic (exact) mass is 386 g/mol. The summed E-state index contributed by atoms with van der Waals surface area (Å²) in [7, 11) is 0. The molecule has 9 nitrogen and oxygen atoms in total. The first kappa shape index (κ1) is 18.4. The number of amides is 1. The van der Waals surface area contributed by atoms with Crippen LogP contribution in [-0.2, 0) is 17.8 Å². The molecule has 1 fully saturated rings. The molecule has 0 spiro atoms. The normalized spacial score (nSPS) is 20.7. The lowest BCUT2D eigenvalue weighted by Crippen LogP contribution is -2.49. The maximum atomic E-state index is 12.8. The van der Waals surface area contributed by atoms with E-state index >= 15 is 0 Å². The fourth-order valence-corrected chi connectivity index (χ4v) is 4.53. The lowest BCUT2D eigenvalue weighted by atomic mass is 9.83. The molecule has 148 valence electrons. The van der Waals surface area contributed by atoms with E-state index in [0.29, 0.717) is 32.5 Å². The van der Waals surface area contributed by atoms with Gasteiger partial charge in [-0.1, -0.05) is 5.16 Å². The first-order valence-corrected chi connectivity index (χ1v) is 9.42. The lowest BCUT2D eigenvalue weighted by Gasteiger charge is -2.42. The van der Waals surface area contributed by atoms with Crippen LogP contribution >= 0.6 is 0 Å². The molecule has 1 amide bonds. The number of piperidine rings is 1. The Kier molecular flexibility index (Phi) is 4.52. The van der Waals surface area contributed by atoms with Gasteiger partial charge in [0, 0.05) is 49.3 Å². The van der Waals surface area contributed by atoms with Gasteiger partial charge in [-0.3, -0.25) is 19.7 Å². The molecule has 0 saturated carbocycles. The number of carbonyl (C=O) groups is 1. The minimum absolute atomic E-state index is 0.0315. The number of nitrogens with zero attached hydrogens (tertiary/aromatic N) is 4. The summed E-state index contributed by atoms with van der Waals surface area (Å²) < 4.78 is 6.69. The molecule has 2 bridgehead atoms. The summed E-state index contributed by atoms with van der Waals surface area (Å²) in [6.45, 7) is 5.24. The third-order valence-corrected chi connectivity index (χ3v) is 5.90. The van der Waals surface area contributed by atoms with Gasteiger partial charge in [-0.2, -0.15) is 0 Å². The van der Waals surface area contributed by atoms with Crippen LogP contribution in [0.3, 0.4) is 0 Å². The summed E-state index contributed by atoms with van der Waals surface area (Å²) in [4.78, 5) is 37.5. The van der Waals surface area contributed by atoms with Crippen molar-refractivity contribution in [2.45, 2.75) is 45.6 Å². The number of hydrogen-bond donors (Lipinski definition) is 0. The largest absolute Gasteiger partial charge is 0.361 e. The van der Waals surface area contributed by atoms with Crippen LogP contribution in [0.4, 0.5) is 5.69 Å². The van der Waals surface area contributed by atoms with E-state index in [-0.39, 0.29) is 17.7 Å². The summed E-state index contributed by atoms with van der Waals surface area (Å²) in [5.74, 6) is 0.987. The molecule has 4 rings (SSSR count). The lowest BCUT2D eigenvalue weighted by molar-refractivity contribution is -0.386. The van der Waals surface area contributed by atoms with Crippen LogP contribution in [-0.4, -0.2) is 38.5 Å². The Balaban J connectivity index is 1.50. The van der Waals surface area contributed by atoms with Gasteiger partial charge in [0.1, 0.15) is 5.76 Å². The third-order valence-electron chi connectivity index (χ3n) is 5.90. The molecule has 1 unspecified atom stereocenters. The number of rotatable bonds is 4. The van der Waals surface area contributed by atoms with Crippen molar-refractivity contribution in [2.24, 2.45) is 5.92 Å². The summed E-state index contributed by atoms with van der Waals surface area (Å²) in [5.41, 5.74) is 1.65. The first-order valence-electron chi connectivity index (χ1n) is 9.42. The van der Waals surface area contributed by atoms with Crippen molar-refractivity contribution in [3.8, 4) is 0 Å². The van der Waals surface area contributed by atoms with Crippen LogP contribution in [0.1, 0.15) is 41.5 Å². The van der Waals surface area contributed by atoms with Gasteiger partial charge in [-0.05, 0) is 38.7 Å². The molecule has 2 atom stereocenters. The molecule has 1 saturated heterocycles. The zero-order chi connectivity index (χ0) is 20.0. The Labute approximate surface area is 161 Å². The fourth-order valence-electron chi connectivity index (χ4n) is 4.53. The highest BCUT2D eigenvalue weighted by Crippen LogP contribution is 2.35. The van der Waals surface area contributed by atoms with Gasteiger partial charge in [-0.15, -0.1) is 0 Å². The van der Waals surface area contributed by atoms with Crippen LogP contribution in [0.2, 0.25) is 0 Å². The average Bonchev–Trinajstić information content (AvgIpc) is 2.98. The number of aryl methyl sites for hydroxylation is 2. The van der Waals surface area contributed by atoms with Gasteiger partial charge in [0.25, 0.3) is 0 Å². The second-order valence-electron chi connectivity index (χ2n) is 7.72. The van der Waals surface area contributed by atoms with Crippen molar-refractivity contribution < 1.29 is 14.2 Å². The van der Waals surface area contributed by atoms with Gasteiger partial charge >= 0.3 is 11.2 Å². The zero-order valence-corrected chi connectivity index (χ0v) is 15.9. The van der Waals surface area contributed by atoms with Gasteiger partial charge in [0.15, 0.2) is 0 Å². The summed E-state index contributed by atoms with van der Waals surface area (Å²) >= 11 is 0. The van der Waals surface area contributed by atoms with Gasteiger partial charge in [0.2, 0.25) is 5.91 Å². The smallest absolute Gasteiger partial charge is 0.334 e. The Morgan fingerprint density at radius 1 is 1.32 bits per heavy atom. The van der Waals surface area contributed by atoms with Crippen molar-refractivity contribution >= 4 is 11.6 Å². The van der Waals surface area contributed by atoms with E-state index in [1.165, 1.54) is 10.6 Å². The van der Waals surface area contributed by atoms with E-state index < -0.39 is 16.2 Å². The standard InChI is InChI=1S/C19H22N4O5/c1-11-15(12(2)28-20-11)3-6-18(24)21-8-13-7-14(10-21)16-4-5-17(23(26)27)19(25)22(16)9-13/h4-5,13-14H,3,6-10H2,1-2H3/t13-,14?/m0/s1. The quantitative estimate of drug-likeness (QED) is 0.586. The predicted octanol–water partition coefficient (Wildman–Crippen LogP) is 1.94. The molecule has 0 aromatic carbocycles. The van der Waals surface area contributed by atoms with E-state index in [4.69, 9.17) is 4.52 Å². The number of aromatic nitrogens is 2. The first-order chi connectivity index (χ1) is 13.3. The van der Waals surface area contributed by atoms with Crippen LogP contribution in [0.5, 0.6) is 0 Å². The second kappa shape index (κ2) is 6.88. The maximum Gasteiger partial charge on any atom is 0.334 e. The average molecular weight is 386 g/mol. The van der Waals surface area contributed by atoms with Crippen molar-refractivity contribution in [2.75, 3.05) is 13.1 Å². The minimum atomic E-state index is -0.634. The van der Waals surface area contributed by atoms with Gasteiger partial charge < -0.3 is 14.0 Å². The number of carbonyl (C=O) groups excluding carboxylic acids is 1. The van der Waals surface area contributed by atoms with Crippen LogP contribution in [0, 0.1) is 29.9 Å². The molecule has 0 N–H and O–H groups in total. The molecular formula is C19H22N4O5. The van der Waals surface area contributed by atoms with Crippen LogP contribution in [0.25, 0.3) is 0 Å². The van der Waals surface area contributed by atoms with E-state index in [0.717, 1.165) is 29.1 Å². The Morgan fingerprint density at radius 2 is 2.11 bits per heavy atom. The van der Waals surface area contributed by atoms with Crippen molar-refractivity contribution in [1.82, 2.24) is 14.6 Å². The van der Waals surface area contributed by atoms with Crippen molar-refractivity contribution in [3.05, 3.63) is 55.3 Å².